The van der Waals surface area contributed by atoms with Crippen LogP contribution in [0, 0.1) is 0 Å². The zero-order valence-corrected chi connectivity index (χ0v) is 27.1. The molecule has 0 atom stereocenters. The molecule has 0 N–H and O–H groups in total. The SMILES string of the molecule is CCC(C)(C)c1ccc2sc3ccc(N(c4ccccc4)c4ccc(N(c5ccccc5)C(C)(C)CC)cc4)cc3c2c1. The molecule has 3 heteroatoms. The van der Waals surface area contributed by atoms with E-state index in [9.17, 15) is 0 Å². The fourth-order valence-electron chi connectivity index (χ4n) is 5.89. The summed E-state index contributed by atoms with van der Waals surface area (Å²) in [6, 6.07) is 44.5. The van der Waals surface area contributed by atoms with E-state index in [1.165, 1.54) is 42.8 Å². The van der Waals surface area contributed by atoms with Crippen molar-refractivity contribution < 1.29 is 0 Å². The van der Waals surface area contributed by atoms with Gasteiger partial charge in [-0.15, -0.1) is 11.3 Å². The lowest BCUT2D eigenvalue weighted by atomic mass is 9.82. The zero-order chi connectivity index (χ0) is 30.2. The van der Waals surface area contributed by atoms with Crippen molar-refractivity contribution in [2.45, 2.75) is 65.3 Å². The molecule has 0 bridgehead atoms. The van der Waals surface area contributed by atoms with E-state index in [0.717, 1.165) is 24.2 Å². The second kappa shape index (κ2) is 11.5. The molecule has 0 amide bonds. The first-order valence-electron chi connectivity index (χ1n) is 15.5. The predicted octanol–water partition coefficient (Wildman–Crippen LogP) is 12.5. The smallest absolute Gasteiger partial charge is 0.0468 e. The Bertz CT molecular complexity index is 1830. The van der Waals surface area contributed by atoms with E-state index in [-0.39, 0.29) is 11.0 Å². The fraction of sp³-hybridized carbons (Fsp3) is 0.250. The summed E-state index contributed by atoms with van der Waals surface area (Å²) in [6.07, 6.45) is 2.15. The largest absolute Gasteiger partial charge is 0.336 e. The van der Waals surface area contributed by atoms with Crippen molar-refractivity contribution in [3.63, 3.8) is 0 Å². The molecule has 0 aliphatic rings. The normalized spacial score (nSPS) is 12.1. The first kappa shape index (κ1) is 29.0. The number of benzene rings is 5. The standard InChI is InChI=1S/C40H42N2S/c1-7-39(3,4)29-19-25-37-35(27-29)36-28-34(24-26-38(36)43-37)41(30-15-11-9-12-16-30)31-20-22-33(23-21-31)42(40(5,6)8-2)32-17-13-10-14-18-32/h9-28H,7-8H2,1-6H3. The molecule has 6 aromatic rings. The predicted molar refractivity (Wildman–Crippen MR) is 190 cm³/mol. The average molecular weight is 583 g/mol. The van der Waals surface area contributed by atoms with Crippen molar-refractivity contribution in [1.82, 2.24) is 0 Å². The van der Waals surface area contributed by atoms with Gasteiger partial charge in [-0.1, -0.05) is 70.2 Å². The van der Waals surface area contributed by atoms with Gasteiger partial charge in [0.1, 0.15) is 0 Å². The number of fused-ring (bicyclic) bond motifs is 3. The lowest BCUT2D eigenvalue weighted by Gasteiger charge is -2.40. The number of rotatable bonds is 9. The first-order valence-corrected chi connectivity index (χ1v) is 16.3. The molecule has 0 aliphatic carbocycles. The summed E-state index contributed by atoms with van der Waals surface area (Å²) >= 11 is 1.88. The zero-order valence-electron chi connectivity index (χ0n) is 26.3. The summed E-state index contributed by atoms with van der Waals surface area (Å²) in [7, 11) is 0. The van der Waals surface area contributed by atoms with E-state index in [4.69, 9.17) is 0 Å². The van der Waals surface area contributed by atoms with E-state index in [2.05, 4.69) is 173 Å². The minimum Gasteiger partial charge on any atom is -0.336 e. The number of hydrogen-bond donors (Lipinski definition) is 0. The van der Waals surface area contributed by atoms with Crippen molar-refractivity contribution in [3.8, 4) is 0 Å². The maximum Gasteiger partial charge on any atom is 0.0468 e. The van der Waals surface area contributed by atoms with E-state index in [1.807, 2.05) is 11.3 Å². The van der Waals surface area contributed by atoms with Gasteiger partial charge in [0.15, 0.2) is 0 Å². The highest BCUT2D eigenvalue weighted by Crippen LogP contribution is 2.43. The van der Waals surface area contributed by atoms with Gasteiger partial charge in [0, 0.05) is 54.1 Å². The quantitative estimate of drug-likeness (QED) is 0.167. The summed E-state index contributed by atoms with van der Waals surface area (Å²) in [4.78, 5) is 4.84. The molecule has 1 aromatic heterocycles. The molecular weight excluding hydrogens is 541 g/mol. The first-order chi connectivity index (χ1) is 20.7. The Labute approximate surface area is 261 Å². The summed E-state index contributed by atoms with van der Waals surface area (Å²) in [6.45, 7) is 13.9. The Hall–Kier alpha value is -4.08. The molecule has 0 radical (unpaired) electrons. The molecule has 0 saturated carbocycles. The summed E-state index contributed by atoms with van der Waals surface area (Å²) in [5.41, 5.74) is 7.39. The maximum atomic E-state index is 2.46. The minimum atomic E-state index is -0.0295. The van der Waals surface area contributed by atoms with Crippen LogP contribution in [0.4, 0.5) is 28.4 Å². The van der Waals surface area contributed by atoms with Gasteiger partial charge in [-0.25, -0.2) is 0 Å². The topological polar surface area (TPSA) is 6.48 Å². The Kier molecular flexibility index (Phi) is 7.79. The second-order valence-corrected chi connectivity index (χ2v) is 13.8. The lowest BCUT2D eigenvalue weighted by Crippen LogP contribution is -2.40. The van der Waals surface area contributed by atoms with Gasteiger partial charge in [0.05, 0.1) is 0 Å². The van der Waals surface area contributed by atoms with Gasteiger partial charge in [-0.2, -0.15) is 0 Å². The molecule has 0 aliphatic heterocycles. The van der Waals surface area contributed by atoms with Crippen LogP contribution in [0.25, 0.3) is 20.2 Å². The monoisotopic (exact) mass is 582 g/mol. The van der Waals surface area contributed by atoms with Crippen LogP contribution in [0.1, 0.15) is 59.9 Å². The van der Waals surface area contributed by atoms with Crippen LogP contribution in [-0.4, -0.2) is 5.54 Å². The molecule has 5 aromatic carbocycles. The van der Waals surface area contributed by atoms with E-state index in [1.54, 1.807) is 0 Å². The number of thiophene rings is 1. The molecule has 1 heterocycles. The summed E-state index contributed by atoms with van der Waals surface area (Å²) < 4.78 is 2.67. The molecule has 6 rings (SSSR count). The number of anilines is 5. The number of hydrogen-bond acceptors (Lipinski definition) is 3. The Morgan fingerprint density at radius 3 is 1.60 bits per heavy atom. The van der Waals surface area contributed by atoms with Gasteiger partial charge in [0.2, 0.25) is 0 Å². The summed E-state index contributed by atoms with van der Waals surface area (Å²) in [5, 5.41) is 2.67. The van der Waals surface area contributed by atoms with Crippen LogP contribution >= 0.6 is 11.3 Å². The van der Waals surface area contributed by atoms with E-state index >= 15 is 0 Å². The third-order valence-electron chi connectivity index (χ3n) is 9.24. The van der Waals surface area contributed by atoms with Crippen LogP contribution < -0.4 is 9.80 Å². The van der Waals surface area contributed by atoms with Crippen LogP contribution in [0.2, 0.25) is 0 Å². The number of nitrogens with zero attached hydrogens (tertiary/aromatic N) is 2. The third-order valence-corrected chi connectivity index (χ3v) is 10.4. The second-order valence-electron chi connectivity index (χ2n) is 12.8. The van der Waals surface area contributed by atoms with Gasteiger partial charge >= 0.3 is 0 Å². The molecule has 0 fully saturated rings. The lowest BCUT2D eigenvalue weighted by molar-refractivity contribution is 0.488. The molecule has 0 saturated heterocycles. The fourth-order valence-corrected chi connectivity index (χ4v) is 6.95. The van der Waals surface area contributed by atoms with E-state index in [0.29, 0.717) is 0 Å². The van der Waals surface area contributed by atoms with Crippen LogP contribution in [0.5, 0.6) is 0 Å². The van der Waals surface area contributed by atoms with Crippen molar-refractivity contribution in [1.29, 1.82) is 0 Å². The van der Waals surface area contributed by atoms with Crippen molar-refractivity contribution >= 4 is 59.9 Å². The van der Waals surface area contributed by atoms with Gasteiger partial charge in [-0.3, -0.25) is 0 Å². The molecule has 218 valence electrons. The highest BCUT2D eigenvalue weighted by atomic mass is 32.1. The van der Waals surface area contributed by atoms with Crippen molar-refractivity contribution in [2.75, 3.05) is 9.80 Å². The van der Waals surface area contributed by atoms with E-state index < -0.39 is 0 Å². The van der Waals surface area contributed by atoms with Crippen LogP contribution in [0.3, 0.4) is 0 Å². The molecule has 2 nitrogen and oxygen atoms in total. The highest BCUT2D eigenvalue weighted by molar-refractivity contribution is 7.25. The molecule has 43 heavy (non-hydrogen) atoms. The van der Waals surface area contributed by atoms with Gasteiger partial charge in [0.25, 0.3) is 0 Å². The number of para-hydroxylation sites is 2. The van der Waals surface area contributed by atoms with Crippen LogP contribution in [-0.2, 0) is 5.41 Å². The van der Waals surface area contributed by atoms with Crippen molar-refractivity contribution in [3.05, 3.63) is 127 Å². The minimum absolute atomic E-state index is 0.0295. The maximum absolute atomic E-state index is 2.46. The summed E-state index contributed by atoms with van der Waals surface area (Å²) in [5.74, 6) is 0. The Morgan fingerprint density at radius 2 is 1.00 bits per heavy atom. The van der Waals surface area contributed by atoms with Crippen LogP contribution in [0.15, 0.2) is 121 Å². The average Bonchev–Trinajstić information content (AvgIpc) is 3.40. The van der Waals surface area contributed by atoms with Crippen molar-refractivity contribution in [2.24, 2.45) is 0 Å². The molecule has 0 unspecified atom stereocenters. The van der Waals surface area contributed by atoms with Gasteiger partial charge in [-0.05, 0) is 117 Å². The Balaban J connectivity index is 1.46. The molecule has 0 spiro atoms. The molecular formula is C40H42N2S. The third kappa shape index (κ3) is 5.55. The Morgan fingerprint density at radius 1 is 0.512 bits per heavy atom. The van der Waals surface area contributed by atoms with Gasteiger partial charge < -0.3 is 9.80 Å². The highest BCUT2D eigenvalue weighted by Gasteiger charge is 2.27.